The number of terminal acetylenes is 1. The van der Waals surface area contributed by atoms with E-state index in [2.05, 4.69) is 118 Å². The Morgan fingerprint density at radius 1 is 0.642 bits per heavy atom. The number of hydrogen-bond acceptors (Lipinski definition) is 7. The van der Waals surface area contributed by atoms with Crippen LogP contribution in [0, 0.1) is 61.7 Å². The summed E-state index contributed by atoms with van der Waals surface area (Å²) in [4.78, 5) is 32.2. The molecule has 1 heterocycles. The number of carbonyl (C=O) groups excluding carboxylic acids is 2. The summed E-state index contributed by atoms with van der Waals surface area (Å²) in [6.45, 7) is 17.3. The lowest BCUT2D eigenvalue weighted by atomic mass is 9.78. The Bertz CT molecular complexity index is 3000. The first-order valence-corrected chi connectivity index (χ1v) is 33.2. The van der Waals surface area contributed by atoms with E-state index in [9.17, 15) is 14.7 Å². The van der Waals surface area contributed by atoms with Crippen LogP contribution in [0.25, 0.3) is 0 Å². The number of aliphatic hydroxyl groups is 1. The van der Waals surface area contributed by atoms with Gasteiger partial charge in [0, 0.05) is 66.8 Å². The van der Waals surface area contributed by atoms with E-state index in [1.807, 2.05) is 60.6 Å². The molecule has 0 atom stereocenters. The van der Waals surface area contributed by atoms with Crippen molar-refractivity contribution in [1.29, 1.82) is 0 Å². The Hall–Kier alpha value is -6.11. The van der Waals surface area contributed by atoms with Gasteiger partial charge in [-0.2, -0.15) is 5.10 Å². The van der Waals surface area contributed by atoms with Crippen molar-refractivity contribution in [2.45, 2.75) is 180 Å². The Morgan fingerprint density at radius 2 is 1.10 bits per heavy atom. The Morgan fingerprint density at radius 3 is 1.53 bits per heavy atom. The van der Waals surface area contributed by atoms with Crippen molar-refractivity contribution in [3.63, 3.8) is 0 Å². The second kappa shape index (κ2) is 27.8. The van der Waals surface area contributed by atoms with Crippen molar-refractivity contribution >= 4 is 31.5 Å². The molecule has 2 amide bonds. The van der Waals surface area contributed by atoms with Crippen LogP contribution in [-0.4, -0.2) is 74.5 Å². The molecule has 4 aliphatic carbocycles. The van der Waals surface area contributed by atoms with Crippen molar-refractivity contribution in [2.75, 3.05) is 37.1 Å². The zero-order valence-electron chi connectivity index (χ0n) is 50.4. The highest BCUT2D eigenvalue weighted by atomic mass is 28.4. The van der Waals surface area contributed by atoms with Crippen molar-refractivity contribution in [3.05, 3.63) is 136 Å². The van der Waals surface area contributed by atoms with E-state index < -0.39 is 8.32 Å². The molecule has 0 bridgehead atoms. The zero-order valence-corrected chi connectivity index (χ0v) is 51.4. The van der Waals surface area contributed by atoms with E-state index in [0.717, 1.165) is 143 Å². The Balaban J connectivity index is 0.000000212. The summed E-state index contributed by atoms with van der Waals surface area (Å²) in [7, 11) is 3.52. The largest absolute Gasteiger partial charge is 0.496 e. The average Bonchev–Trinajstić information content (AvgIpc) is 3.94. The first-order valence-electron chi connectivity index (χ1n) is 30.3. The van der Waals surface area contributed by atoms with E-state index in [1.165, 1.54) is 22.3 Å². The molecule has 4 aliphatic rings. The number of aryl methyl sites for hydroxylation is 3. The van der Waals surface area contributed by atoms with Gasteiger partial charge < -0.3 is 28.8 Å². The van der Waals surface area contributed by atoms with Crippen LogP contribution in [0.3, 0.4) is 0 Å². The first-order chi connectivity index (χ1) is 38.8. The number of nitrogens with zero attached hydrogens (tertiary/aromatic N) is 4. The Kier molecular flexibility index (Phi) is 20.9. The number of methoxy groups -OCH3 is 2. The maximum Gasteiger partial charge on any atom is 0.230 e. The van der Waals surface area contributed by atoms with E-state index in [4.69, 9.17) is 20.3 Å². The van der Waals surface area contributed by atoms with Crippen LogP contribution in [0.1, 0.15) is 174 Å². The van der Waals surface area contributed by atoms with Crippen LogP contribution in [0.5, 0.6) is 11.5 Å². The number of aromatic nitrogens is 2. The van der Waals surface area contributed by atoms with Crippen LogP contribution in [0.2, 0.25) is 18.1 Å². The quantitative estimate of drug-likeness (QED) is 0.0872. The number of hydrogen-bond donors (Lipinski definition) is 1. The molecule has 11 heteroatoms. The summed E-state index contributed by atoms with van der Waals surface area (Å²) >= 11 is 0. The molecule has 0 aliphatic heterocycles. The minimum atomic E-state index is -1.81. The first kappa shape index (κ1) is 61.0. The molecule has 4 fully saturated rings. The molecule has 10 nitrogen and oxygen atoms in total. The van der Waals surface area contributed by atoms with Crippen LogP contribution in [-0.2, 0) is 21.1 Å². The molecule has 4 aromatic carbocycles. The summed E-state index contributed by atoms with van der Waals surface area (Å²) in [6, 6.07) is 29.2. The summed E-state index contributed by atoms with van der Waals surface area (Å²) in [6.07, 6.45) is 25.0. The number of ether oxygens (including phenoxy) is 2. The highest BCUT2D eigenvalue weighted by molar-refractivity contribution is 6.74. The lowest BCUT2D eigenvalue weighted by Gasteiger charge is -2.41. The van der Waals surface area contributed by atoms with Gasteiger partial charge >= 0.3 is 0 Å². The fourth-order valence-electron chi connectivity index (χ4n) is 12.8. The number of benzene rings is 4. The maximum absolute atomic E-state index is 14.1. The van der Waals surface area contributed by atoms with Gasteiger partial charge in [-0.15, -0.1) is 6.42 Å². The third-order valence-corrected chi connectivity index (χ3v) is 23.3. The standard InChI is InChI=1S/C36H51NO3Si.C34H41N3O3/c1-9-27-11-10-12-32(24-27)37(35(38)30-17-20-33(21-18-30)40-41(7,8)36(3,4)5)25-28-13-15-29(16-14-28)31-19-22-34(39-6)26(2)23-31;1-24-19-30(15-18-33(24)40-3)28-11-9-26(10-12-28)23-37(34(39)29-13-16-32(38)17-14-29)31-6-4-5-25(20-31)7-8-27-21-35-36(2)22-27/h1,10-12,19,22-24,28-30,33H,13-18,20-21,25H2,2-8H3;4-6,15,18-22,26,28-29,32,38H,9-14,16-17,23H2,1-3H3. The average molecular weight is 1110 g/mol. The van der Waals surface area contributed by atoms with Gasteiger partial charge in [0.1, 0.15) is 11.5 Å². The molecule has 1 N–H and O–H groups in total. The van der Waals surface area contributed by atoms with Crippen molar-refractivity contribution < 1.29 is 28.6 Å². The van der Waals surface area contributed by atoms with Crippen LogP contribution >= 0.6 is 0 Å². The number of carbonyl (C=O) groups is 2. The molecular weight excluding hydrogens is 1020 g/mol. The molecule has 81 heavy (non-hydrogen) atoms. The maximum atomic E-state index is 14.1. The summed E-state index contributed by atoms with van der Waals surface area (Å²) in [5.41, 5.74) is 9.62. The molecular formula is C70H92N4O6Si. The van der Waals surface area contributed by atoms with Crippen molar-refractivity contribution in [2.24, 2.45) is 30.7 Å². The molecule has 0 spiro atoms. The summed E-state index contributed by atoms with van der Waals surface area (Å²) in [5, 5.41) is 14.4. The third-order valence-electron chi connectivity index (χ3n) is 18.8. The predicted octanol–water partition coefficient (Wildman–Crippen LogP) is 14.9. The molecule has 0 saturated heterocycles. The van der Waals surface area contributed by atoms with Crippen LogP contribution < -0.4 is 19.3 Å². The lowest BCUT2D eigenvalue weighted by molar-refractivity contribution is -0.124. The SMILES string of the molecule is C#Cc1cccc(N(CC2CCC(c3ccc(OC)c(C)c3)CC2)C(=O)C2CCC(O[Si](C)(C)C(C)(C)C)CC2)c1.COc1ccc(C2CCC(CN(C(=O)C3CCC(O)CC3)c3cccc(C#Cc4cnn(C)c4)c3)CC2)cc1C. The van der Waals surface area contributed by atoms with E-state index in [0.29, 0.717) is 36.5 Å². The predicted molar refractivity (Wildman–Crippen MR) is 332 cm³/mol. The van der Waals surface area contributed by atoms with Gasteiger partial charge in [-0.3, -0.25) is 14.3 Å². The Labute approximate surface area is 486 Å². The molecule has 0 radical (unpaired) electrons. The molecule has 432 valence electrons. The van der Waals surface area contributed by atoms with Crippen molar-refractivity contribution in [1.82, 2.24) is 9.78 Å². The van der Waals surface area contributed by atoms with E-state index >= 15 is 0 Å². The second-order valence-electron chi connectivity index (χ2n) is 25.5. The number of anilines is 2. The lowest BCUT2D eigenvalue weighted by Crippen LogP contribution is -2.46. The van der Waals surface area contributed by atoms with E-state index in [-0.39, 0.29) is 40.9 Å². The van der Waals surface area contributed by atoms with Gasteiger partial charge in [0.25, 0.3) is 0 Å². The third kappa shape index (κ3) is 16.1. The van der Waals surface area contributed by atoms with Gasteiger partial charge in [-0.05, 0) is 229 Å². The molecule has 1 aromatic heterocycles. The highest BCUT2D eigenvalue weighted by Crippen LogP contribution is 2.43. The molecule has 0 unspecified atom stereocenters. The zero-order chi connectivity index (χ0) is 57.8. The van der Waals surface area contributed by atoms with Gasteiger partial charge in [0.15, 0.2) is 8.32 Å². The van der Waals surface area contributed by atoms with Crippen LogP contribution in [0.15, 0.2) is 97.3 Å². The van der Waals surface area contributed by atoms with E-state index in [1.54, 1.807) is 25.1 Å². The van der Waals surface area contributed by atoms with Gasteiger partial charge in [0.05, 0.1) is 32.1 Å². The van der Waals surface area contributed by atoms with Gasteiger partial charge in [-0.1, -0.05) is 74.9 Å². The molecule has 4 saturated carbocycles. The number of amides is 2. The van der Waals surface area contributed by atoms with Crippen molar-refractivity contribution in [3.8, 4) is 35.7 Å². The van der Waals surface area contributed by atoms with Crippen LogP contribution in [0.4, 0.5) is 11.4 Å². The second-order valence-corrected chi connectivity index (χ2v) is 30.3. The molecule has 9 rings (SSSR count). The monoisotopic (exact) mass is 1110 g/mol. The minimum Gasteiger partial charge on any atom is -0.496 e. The normalized spacial score (nSPS) is 23.1. The number of rotatable bonds is 14. The summed E-state index contributed by atoms with van der Waals surface area (Å²) < 4.78 is 19.4. The fraction of sp³-hybridized carbons (Fsp3) is 0.529. The molecule has 5 aromatic rings. The number of aliphatic hydroxyl groups excluding tert-OH is 1. The van der Waals surface area contributed by atoms with Gasteiger partial charge in [-0.25, -0.2) is 0 Å². The highest BCUT2D eigenvalue weighted by Gasteiger charge is 2.41. The summed E-state index contributed by atoms with van der Waals surface area (Å²) in [5.74, 6) is 13.6. The topological polar surface area (TPSA) is 106 Å². The smallest absolute Gasteiger partial charge is 0.230 e. The minimum absolute atomic E-state index is 0.0350. The van der Waals surface area contributed by atoms with Gasteiger partial charge in [0.2, 0.25) is 11.8 Å². The fourth-order valence-corrected chi connectivity index (χ4v) is 14.2.